The van der Waals surface area contributed by atoms with Gasteiger partial charge in [-0.2, -0.15) is 0 Å². The Hall–Kier alpha value is -1.97. The van der Waals surface area contributed by atoms with Crippen LogP contribution in [-0.4, -0.2) is 30.6 Å². The molecule has 1 aliphatic carbocycles. The van der Waals surface area contributed by atoms with Crippen molar-refractivity contribution in [2.75, 3.05) is 19.6 Å². The third kappa shape index (κ3) is 3.62. The molecule has 1 saturated carbocycles. The molecule has 4 nitrogen and oxygen atoms in total. The molecule has 0 amide bonds. The van der Waals surface area contributed by atoms with Crippen molar-refractivity contribution in [1.29, 1.82) is 0 Å². The Morgan fingerprint density at radius 1 is 1.32 bits per heavy atom. The van der Waals surface area contributed by atoms with E-state index < -0.39 is 0 Å². The average Bonchev–Trinajstić information content (AvgIpc) is 3.25. The van der Waals surface area contributed by atoms with E-state index in [9.17, 15) is 0 Å². The molecule has 3 rings (SSSR count). The van der Waals surface area contributed by atoms with Crippen LogP contribution in [0.3, 0.4) is 0 Å². The van der Waals surface area contributed by atoms with Gasteiger partial charge in [0, 0.05) is 36.7 Å². The van der Waals surface area contributed by atoms with Crippen LogP contribution < -0.4 is 10.6 Å². The SMILES string of the molecule is CCNC(=NCC1CC1)NCCc1c[nH]c2c(C)cccc12. The van der Waals surface area contributed by atoms with Crippen molar-refractivity contribution in [3.05, 3.63) is 35.5 Å². The largest absolute Gasteiger partial charge is 0.361 e. The summed E-state index contributed by atoms with van der Waals surface area (Å²) in [5.41, 5.74) is 3.92. The van der Waals surface area contributed by atoms with Crippen LogP contribution in [0.5, 0.6) is 0 Å². The Kier molecular flexibility index (Phi) is 4.66. The number of aromatic amines is 1. The fourth-order valence-corrected chi connectivity index (χ4v) is 2.75. The van der Waals surface area contributed by atoms with Crippen molar-refractivity contribution in [3.63, 3.8) is 0 Å². The van der Waals surface area contributed by atoms with Crippen molar-refractivity contribution < 1.29 is 0 Å². The molecule has 4 heteroatoms. The van der Waals surface area contributed by atoms with Crippen molar-refractivity contribution in [1.82, 2.24) is 15.6 Å². The van der Waals surface area contributed by atoms with Gasteiger partial charge in [-0.3, -0.25) is 4.99 Å². The second-order valence-corrected chi connectivity index (χ2v) is 6.15. The summed E-state index contributed by atoms with van der Waals surface area (Å²) >= 11 is 0. The highest BCUT2D eigenvalue weighted by molar-refractivity contribution is 5.86. The quantitative estimate of drug-likeness (QED) is 0.567. The number of para-hydroxylation sites is 1. The van der Waals surface area contributed by atoms with E-state index in [0.29, 0.717) is 0 Å². The lowest BCUT2D eigenvalue weighted by molar-refractivity contribution is 0.778. The lowest BCUT2D eigenvalue weighted by atomic mass is 10.1. The third-order valence-corrected chi connectivity index (χ3v) is 4.25. The molecule has 1 aromatic heterocycles. The van der Waals surface area contributed by atoms with E-state index in [-0.39, 0.29) is 0 Å². The summed E-state index contributed by atoms with van der Waals surface area (Å²) in [4.78, 5) is 8.05. The second kappa shape index (κ2) is 6.86. The van der Waals surface area contributed by atoms with E-state index in [1.165, 1.54) is 34.9 Å². The van der Waals surface area contributed by atoms with Gasteiger partial charge in [-0.1, -0.05) is 18.2 Å². The van der Waals surface area contributed by atoms with Gasteiger partial charge in [0.1, 0.15) is 0 Å². The van der Waals surface area contributed by atoms with Gasteiger partial charge in [-0.15, -0.1) is 0 Å². The number of rotatable bonds is 6. The highest BCUT2D eigenvalue weighted by atomic mass is 15.2. The van der Waals surface area contributed by atoms with Crippen LogP contribution >= 0.6 is 0 Å². The average molecular weight is 298 g/mol. The van der Waals surface area contributed by atoms with Crippen molar-refractivity contribution in [3.8, 4) is 0 Å². The molecule has 2 aromatic rings. The number of aromatic nitrogens is 1. The van der Waals surface area contributed by atoms with E-state index >= 15 is 0 Å². The Bertz CT molecular complexity index is 652. The maximum Gasteiger partial charge on any atom is 0.191 e. The molecular weight excluding hydrogens is 272 g/mol. The number of hydrogen-bond donors (Lipinski definition) is 3. The Labute approximate surface area is 132 Å². The minimum absolute atomic E-state index is 0.826. The van der Waals surface area contributed by atoms with Crippen LogP contribution in [-0.2, 0) is 6.42 Å². The fourth-order valence-electron chi connectivity index (χ4n) is 2.75. The molecule has 0 radical (unpaired) electrons. The first-order valence-corrected chi connectivity index (χ1v) is 8.35. The van der Waals surface area contributed by atoms with Crippen LogP contribution in [0.4, 0.5) is 0 Å². The van der Waals surface area contributed by atoms with Gasteiger partial charge in [0.05, 0.1) is 0 Å². The first-order valence-electron chi connectivity index (χ1n) is 8.35. The standard InChI is InChI=1S/C18H26N4/c1-3-19-18(22-11-14-7-8-14)20-10-9-15-12-21-17-13(2)5-4-6-16(15)17/h4-6,12,14,21H,3,7-11H2,1-2H3,(H2,19,20,22). The van der Waals surface area contributed by atoms with Crippen LogP contribution in [0.2, 0.25) is 0 Å². The number of benzene rings is 1. The zero-order chi connectivity index (χ0) is 15.4. The first kappa shape index (κ1) is 14.9. The fraction of sp³-hybridized carbons (Fsp3) is 0.500. The summed E-state index contributed by atoms with van der Waals surface area (Å²) < 4.78 is 0. The highest BCUT2D eigenvalue weighted by Gasteiger charge is 2.20. The minimum Gasteiger partial charge on any atom is -0.361 e. The predicted octanol–water partition coefficient (Wildman–Crippen LogP) is 2.98. The predicted molar refractivity (Wildman–Crippen MR) is 93.4 cm³/mol. The summed E-state index contributed by atoms with van der Waals surface area (Å²) in [5, 5.41) is 8.10. The third-order valence-electron chi connectivity index (χ3n) is 4.25. The number of aliphatic imine (C=N–C) groups is 1. The Morgan fingerprint density at radius 2 is 2.18 bits per heavy atom. The molecule has 0 atom stereocenters. The van der Waals surface area contributed by atoms with Crippen molar-refractivity contribution in [2.45, 2.75) is 33.1 Å². The smallest absolute Gasteiger partial charge is 0.191 e. The molecule has 0 unspecified atom stereocenters. The van der Waals surface area contributed by atoms with Gasteiger partial charge in [0.15, 0.2) is 5.96 Å². The normalized spacial score (nSPS) is 15.3. The summed E-state index contributed by atoms with van der Waals surface area (Å²) in [5.74, 6) is 1.78. The summed E-state index contributed by atoms with van der Waals surface area (Å²) in [6, 6.07) is 6.47. The zero-order valence-corrected chi connectivity index (χ0v) is 13.6. The number of aryl methyl sites for hydroxylation is 1. The van der Waals surface area contributed by atoms with Crippen LogP contribution in [0.1, 0.15) is 30.9 Å². The molecule has 0 saturated heterocycles. The lowest BCUT2D eigenvalue weighted by Gasteiger charge is -2.11. The van der Waals surface area contributed by atoms with Crippen LogP contribution in [0.25, 0.3) is 10.9 Å². The summed E-state index contributed by atoms with van der Waals surface area (Å²) in [6.45, 7) is 7.02. The number of fused-ring (bicyclic) bond motifs is 1. The topological polar surface area (TPSA) is 52.2 Å². The van der Waals surface area contributed by atoms with Crippen LogP contribution in [0.15, 0.2) is 29.4 Å². The maximum absolute atomic E-state index is 4.66. The first-order chi connectivity index (χ1) is 10.8. The molecule has 3 N–H and O–H groups in total. The van der Waals surface area contributed by atoms with Crippen molar-refractivity contribution in [2.24, 2.45) is 10.9 Å². The van der Waals surface area contributed by atoms with Gasteiger partial charge < -0.3 is 15.6 Å². The second-order valence-electron chi connectivity index (χ2n) is 6.15. The van der Waals surface area contributed by atoms with Gasteiger partial charge in [-0.25, -0.2) is 0 Å². The van der Waals surface area contributed by atoms with E-state index in [0.717, 1.165) is 37.9 Å². The van der Waals surface area contributed by atoms with Gasteiger partial charge >= 0.3 is 0 Å². The van der Waals surface area contributed by atoms with E-state index in [1.54, 1.807) is 0 Å². The number of guanidine groups is 1. The van der Waals surface area contributed by atoms with Gasteiger partial charge in [0.2, 0.25) is 0 Å². The molecule has 0 bridgehead atoms. The summed E-state index contributed by atoms with van der Waals surface area (Å²) in [7, 11) is 0. The lowest BCUT2D eigenvalue weighted by Crippen LogP contribution is -2.38. The molecule has 22 heavy (non-hydrogen) atoms. The Morgan fingerprint density at radius 3 is 2.95 bits per heavy atom. The number of nitrogens with one attached hydrogen (secondary N) is 3. The van der Waals surface area contributed by atoms with E-state index in [2.05, 4.69) is 58.9 Å². The molecule has 0 aliphatic heterocycles. The number of nitrogens with zero attached hydrogens (tertiary/aromatic N) is 1. The number of hydrogen-bond acceptors (Lipinski definition) is 1. The van der Waals surface area contributed by atoms with E-state index in [1.807, 2.05) is 0 Å². The molecule has 1 fully saturated rings. The van der Waals surface area contributed by atoms with Gasteiger partial charge in [0.25, 0.3) is 0 Å². The van der Waals surface area contributed by atoms with Crippen molar-refractivity contribution >= 4 is 16.9 Å². The molecule has 0 spiro atoms. The maximum atomic E-state index is 4.66. The molecule has 118 valence electrons. The minimum atomic E-state index is 0.826. The molecule has 1 aromatic carbocycles. The van der Waals surface area contributed by atoms with E-state index in [4.69, 9.17) is 0 Å². The number of H-pyrrole nitrogens is 1. The summed E-state index contributed by atoms with van der Waals surface area (Å²) in [6.07, 6.45) is 5.82. The zero-order valence-electron chi connectivity index (χ0n) is 13.6. The van der Waals surface area contributed by atoms with Crippen LogP contribution in [0, 0.1) is 12.8 Å². The monoisotopic (exact) mass is 298 g/mol. The molecular formula is C18H26N4. The molecule has 1 aliphatic rings. The molecule has 1 heterocycles. The Balaban J connectivity index is 1.58. The highest BCUT2D eigenvalue weighted by Crippen LogP contribution is 2.28. The van der Waals surface area contributed by atoms with Gasteiger partial charge in [-0.05, 0) is 50.2 Å².